The maximum Gasteiger partial charge on any atom is 0.277 e. The Morgan fingerprint density at radius 3 is 2.97 bits per heavy atom. The van der Waals surface area contributed by atoms with Crippen LogP contribution in [0.15, 0.2) is 64.4 Å². The van der Waals surface area contributed by atoms with Gasteiger partial charge in [0, 0.05) is 35.0 Å². The van der Waals surface area contributed by atoms with Crippen molar-refractivity contribution in [3.63, 3.8) is 0 Å². The zero-order valence-electron chi connectivity index (χ0n) is 15.7. The van der Waals surface area contributed by atoms with Crippen molar-refractivity contribution in [1.29, 1.82) is 0 Å². The molecule has 0 unspecified atom stereocenters. The second kappa shape index (κ2) is 8.16. The molecule has 5 rings (SSSR count). The van der Waals surface area contributed by atoms with Crippen LogP contribution in [-0.2, 0) is 4.79 Å². The number of nitrogens with one attached hydrogen (secondary N) is 1. The highest BCUT2D eigenvalue weighted by atomic mass is 32.2. The molecular formula is C21H17FN4O2S2. The van der Waals surface area contributed by atoms with Gasteiger partial charge >= 0.3 is 0 Å². The molecule has 9 heteroatoms. The van der Waals surface area contributed by atoms with E-state index in [1.54, 1.807) is 34.9 Å². The van der Waals surface area contributed by atoms with E-state index in [2.05, 4.69) is 15.2 Å². The first kappa shape index (κ1) is 19.2. The van der Waals surface area contributed by atoms with Crippen LogP contribution >= 0.6 is 23.5 Å². The van der Waals surface area contributed by atoms with Crippen LogP contribution in [-0.4, -0.2) is 44.0 Å². The van der Waals surface area contributed by atoms with Gasteiger partial charge in [0.1, 0.15) is 11.2 Å². The molecule has 2 aromatic carbocycles. The maximum absolute atomic E-state index is 14.2. The molecular weight excluding hydrogens is 423 g/mol. The van der Waals surface area contributed by atoms with E-state index in [1.165, 1.54) is 17.8 Å². The monoisotopic (exact) mass is 440 g/mol. The van der Waals surface area contributed by atoms with Crippen LogP contribution in [0.2, 0.25) is 0 Å². The van der Waals surface area contributed by atoms with Gasteiger partial charge in [0.15, 0.2) is 0 Å². The van der Waals surface area contributed by atoms with E-state index in [0.717, 1.165) is 22.2 Å². The minimum Gasteiger partial charge on any atom is -0.411 e. The number of aromatic amines is 1. The molecule has 1 fully saturated rings. The van der Waals surface area contributed by atoms with Crippen molar-refractivity contribution in [3.05, 3.63) is 66.1 Å². The zero-order chi connectivity index (χ0) is 20.5. The molecule has 30 heavy (non-hydrogen) atoms. The van der Waals surface area contributed by atoms with Gasteiger partial charge in [-0.25, -0.2) is 4.39 Å². The molecule has 1 aliphatic rings. The fourth-order valence-corrected chi connectivity index (χ4v) is 5.44. The summed E-state index contributed by atoms with van der Waals surface area (Å²) < 4.78 is 19.9. The van der Waals surface area contributed by atoms with Crippen LogP contribution in [0.4, 0.5) is 4.39 Å². The van der Waals surface area contributed by atoms with Crippen LogP contribution in [0.3, 0.4) is 0 Å². The smallest absolute Gasteiger partial charge is 0.277 e. The third-order valence-electron chi connectivity index (χ3n) is 4.93. The second-order valence-electron chi connectivity index (χ2n) is 6.74. The molecule has 1 N–H and O–H groups in total. The number of H-pyrrole nitrogens is 1. The summed E-state index contributed by atoms with van der Waals surface area (Å²) in [5.74, 6) is 0.970. The largest absolute Gasteiger partial charge is 0.411 e. The standard InChI is InChI=1S/C21H17FN4O2S2/c22-16-7-3-1-6-14(16)20-26(9-10-29-20)18(27)12-30-21-25-24-19(28-21)15-11-23-17-8-4-2-5-13(15)17/h1-8,11,20,23H,9-10,12H2/t20-/m0/s1. The van der Waals surface area contributed by atoms with Crippen molar-refractivity contribution in [2.45, 2.75) is 10.6 Å². The topological polar surface area (TPSA) is 75.0 Å². The normalized spacial score (nSPS) is 16.4. The zero-order valence-corrected chi connectivity index (χ0v) is 17.4. The lowest BCUT2D eigenvalue weighted by atomic mass is 10.2. The highest BCUT2D eigenvalue weighted by Crippen LogP contribution is 2.39. The van der Waals surface area contributed by atoms with Crippen LogP contribution in [0.5, 0.6) is 0 Å². The maximum atomic E-state index is 14.2. The van der Waals surface area contributed by atoms with E-state index in [9.17, 15) is 9.18 Å². The highest BCUT2D eigenvalue weighted by molar-refractivity contribution is 8.00. The number of hydrogen-bond donors (Lipinski definition) is 1. The van der Waals surface area contributed by atoms with Crippen LogP contribution in [0.25, 0.3) is 22.4 Å². The van der Waals surface area contributed by atoms with Crippen molar-refractivity contribution in [2.24, 2.45) is 0 Å². The summed E-state index contributed by atoms with van der Waals surface area (Å²) in [4.78, 5) is 17.7. The number of thioether (sulfide) groups is 2. The number of hydrogen-bond acceptors (Lipinski definition) is 6. The fraction of sp³-hybridized carbons (Fsp3) is 0.190. The quantitative estimate of drug-likeness (QED) is 0.453. The molecule has 0 spiro atoms. The Morgan fingerprint density at radius 2 is 2.07 bits per heavy atom. The Balaban J connectivity index is 1.27. The molecule has 6 nitrogen and oxygen atoms in total. The summed E-state index contributed by atoms with van der Waals surface area (Å²) in [5, 5.41) is 9.21. The number of carbonyl (C=O) groups is 1. The molecule has 3 heterocycles. The average molecular weight is 441 g/mol. The van der Waals surface area contributed by atoms with Crippen LogP contribution in [0.1, 0.15) is 10.9 Å². The number of amides is 1. The fourth-order valence-electron chi connectivity index (χ4n) is 3.49. The Morgan fingerprint density at radius 1 is 1.23 bits per heavy atom. The molecule has 0 aliphatic carbocycles. The third-order valence-corrected chi connectivity index (χ3v) is 6.97. The lowest BCUT2D eigenvalue weighted by molar-refractivity contribution is -0.128. The van der Waals surface area contributed by atoms with Gasteiger partial charge in [0.05, 0.1) is 11.3 Å². The molecule has 1 aliphatic heterocycles. The third kappa shape index (κ3) is 3.59. The Hall–Kier alpha value is -2.78. The number of carbonyl (C=O) groups excluding carboxylic acids is 1. The van der Waals surface area contributed by atoms with Gasteiger partial charge in [-0.15, -0.1) is 22.0 Å². The number of aromatic nitrogens is 3. The van der Waals surface area contributed by atoms with E-state index in [4.69, 9.17) is 4.42 Å². The van der Waals surface area contributed by atoms with Crippen LogP contribution in [0, 0.1) is 5.82 Å². The highest BCUT2D eigenvalue weighted by Gasteiger charge is 2.32. The predicted molar refractivity (Wildman–Crippen MR) is 116 cm³/mol. The van der Waals surface area contributed by atoms with Gasteiger partial charge in [-0.1, -0.05) is 48.2 Å². The van der Waals surface area contributed by atoms with Gasteiger partial charge < -0.3 is 14.3 Å². The first-order valence-corrected chi connectivity index (χ1v) is 11.4. The Kier molecular flexibility index (Phi) is 5.22. The van der Waals surface area contributed by atoms with Gasteiger partial charge in [-0.3, -0.25) is 4.79 Å². The molecule has 1 amide bonds. The molecule has 152 valence electrons. The summed E-state index contributed by atoms with van der Waals surface area (Å²) in [6.45, 7) is 0.591. The number of nitrogens with zero attached hydrogens (tertiary/aromatic N) is 3. The summed E-state index contributed by atoms with van der Waals surface area (Å²) in [6.07, 6.45) is 1.83. The predicted octanol–water partition coefficient (Wildman–Crippen LogP) is 4.72. The minimum atomic E-state index is -0.302. The van der Waals surface area contributed by atoms with E-state index < -0.39 is 0 Å². The summed E-state index contributed by atoms with van der Waals surface area (Å²) >= 11 is 2.77. The van der Waals surface area contributed by atoms with Crippen molar-refractivity contribution in [2.75, 3.05) is 18.1 Å². The van der Waals surface area contributed by atoms with Gasteiger partial charge in [0.25, 0.3) is 11.1 Å². The van der Waals surface area contributed by atoms with Gasteiger partial charge in [0.2, 0.25) is 5.91 Å². The first-order chi connectivity index (χ1) is 14.7. The molecule has 4 aromatic rings. The number of benzene rings is 2. The SMILES string of the molecule is O=C(CSc1nnc(-c2c[nH]c3ccccc23)o1)N1CCS[C@H]1c1ccccc1F. The summed E-state index contributed by atoms with van der Waals surface area (Å²) in [6, 6.07) is 14.5. The number of halogens is 1. The molecule has 0 radical (unpaired) electrons. The van der Waals surface area contributed by atoms with E-state index >= 15 is 0 Å². The van der Waals surface area contributed by atoms with E-state index in [-0.39, 0.29) is 22.9 Å². The van der Waals surface area contributed by atoms with Gasteiger partial charge in [-0.05, 0) is 12.1 Å². The first-order valence-electron chi connectivity index (χ1n) is 9.39. The molecule has 2 aromatic heterocycles. The van der Waals surface area contributed by atoms with Crippen molar-refractivity contribution in [3.8, 4) is 11.5 Å². The molecule has 0 saturated carbocycles. The average Bonchev–Trinajstić information content (AvgIpc) is 3.51. The van der Waals surface area contributed by atoms with Crippen molar-refractivity contribution >= 4 is 40.3 Å². The van der Waals surface area contributed by atoms with Crippen molar-refractivity contribution < 1.29 is 13.6 Å². The minimum absolute atomic E-state index is 0.0786. The summed E-state index contributed by atoms with van der Waals surface area (Å²) in [7, 11) is 0. The van der Waals surface area contributed by atoms with Gasteiger partial charge in [-0.2, -0.15) is 0 Å². The Bertz CT molecular complexity index is 1210. The molecule has 1 atom stereocenters. The number of para-hydroxylation sites is 1. The van der Waals surface area contributed by atoms with Crippen LogP contribution < -0.4 is 0 Å². The second-order valence-corrected chi connectivity index (χ2v) is 8.86. The van der Waals surface area contributed by atoms with Crippen molar-refractivity contribution in [1.82, 2.24) is 20.1 Å². The summed E-state index contributed by atoms with van der Waals surface area (Å²) in [5.41, 5.74) is 2.35. The van der Waals surface area contributed by atoms with E-state index in [0.29, 0.717) is 23.2 Å². The van der Waals surface area contributed by atoms with E-state index in [1.807, 2.05) is 30.5 Å². The number of fused-ring (bicyclic) bond motifs is 1. The lowest BCUT2D eigenvalue weighted by Gasteiger charge is -2.24. The lowest BCUT2D eigenvalue weighted by Crippen LogP contribution is -2.32. The molecule has 1 saturated heterocycles. The Labute approximate surface area is 180 Å². The number of rotatable bonds is 5. The molecule has 0 bridgehead atoms.